The Morgan fingerprint density at radius 2 is 2.23 bits per heavy atom. The maximum absolute atomic E-state index is 5.88. The van der Waals surface area contributed by atoms with E-state index in [4.69, 9.17) is 11.6 Å². The molecule has 0 spiro atoms. The van der Waals surface area contributed by atoms with Crippen LogP contribution < -0.4 is 0 Å². The molecule has 0 saturated heterocycles. The standard InChI is InChI=1S/C10H8BrClS/c1-6-2-7(4-12)10-8(3-6)9(11)5-13-10/h2-3,5H,4H2,1H3. The van der Waals surface area contributed by atoms with Gasteiger partial charge >= 0.3 is 0 Å². The van der Waals surface area contributed by atoms with Crippen molar-refractivity contribution in [1.82, 2.24) is 0 Å². The lowest BCUT2D eigenvalue weighted by Gasteiger charge is -2.00. The van der Waals surface area contributed by atoms with Crippen LogP contribution in [0, 0.1) is 6.92 Å². The minimum atomic E-state index is 0.588. The van der Waals surface area contributed by atoms with Crippen LogP contribution in [0.3, 0.4) is 0 Å². The van der Waals surface area contributed by atoms with E-state index < -0.39 is 0 Å². The van der Waals surface area contributed by atoms with Crippen molar-refractivity contribution >= 4 is 49.0 Å². The quantitative estimate of drug-likeness (QED) is 0.661. The van der Waals surface area contributed by atoms with Crippen molar-refractivity contribution in [1.29, 1.82) is 0 Å². The third-order valence-corrected chi connectivity index (χ3v) is 4.31. The van der Waals surface area contributed by atoms with Crippen LogP contribution in [0.4, 0.5) is 0 Å². The smallest absolute Gasteiger partial charge is 0.0488 e. The second kappa shape index (κ2) is 3.60. The fraction of sp³-hybridized carbons (Fsp3) is 0.200. The minimum absolute atomic E-state index is 0.588. The first-order valence-corrected chi connectivity index (χ1v) is 6.15. The van der Waals surface area contributed by atoms with Crippen LogP contribution in [0.25, 0.3) is 10.1 Å². The topological polar surface area (TPSA) is 0 Å². The first-order valence-electron chi connectivity index (χ1n) is 3.94. The molecule has 3 heteroatoms. The second-order valence-electron chi connectivity index (χ2n) is 3.02. The number of halogens is 2. The number of benzene rings is 1. The highest BCUT2D eigenvalue weighted by atomic mass is 79.9. The van der Waals surface area contributed by atoms with Crippen LogP contribution in [0.5, 0.6) is 0 Å². The van der Waals surface area contributed by atoms with Crippen molar-refractivity contribution in [2.75, 3.05) is 0 Å². The highest BCUT2D eigenvalue weighted by Gasteiger charge is 2.06. The highest BCUT2D eigenvalue weighted by Crippen LogP contribution is 2.34. The van der Waals surface area contributed by atoms with Gasteiger partial charge in [0.25, 0.3) is 0 Å². The Bertz CT molecular complexity index is 447. The lowest BCUT2D eigenvalue weighted by molar-refractivity contribution is 1.40. The molecule has 1 aromatic heterocycles. The molecular formula is C10H8BrClS. The van der Waals surface area contributed by atoms with Crippen LogP contribution in [0.1, 0.15) is 11.1 Å². The summed E-state index contributed by atoms with van der Waals surface area (Å²) in [4.78, 5) is 0. The number of alkyl halides is 1. The van der Waals surface area contributed by atoms with Crippen LogP contribution in [-0.4, -0.2) is 0 Å². The van der Waals surface area contributed by atoms with E-state index in [0.717, 1.165) is 0 Å². The number of rotatable bonds is 1. The third kappa shape index (κ3) is 1.63. The molecule has 0 nitrogen and oxygen atoms in total. The average Bonchev–Trinajstić information content (AvgIpc) is 2.47. The molecule has 0 saturated carbocycles. The highest BCUT2D eigenvalue weighted by molar-refractivity contribution is 9.10. The zero-order chi connectivity index (χ0) is 9.42. The van der Waals surface area contributed by atoms with E-state index >= 15 is 0 Å². The number of hydrogen-bond donors (Lipinski definition) is 0. The fourth-order valence-corrected chi connectivity index (χ4v) is 3.38. The van der Waals surface area contributed by atoms with Gasteiger partial charge in [-0.05, 0) is 34.5 Å². The Hall–Kier alpha value is -0.0500. The molecule has 0 atom stereocenters. The van der Waals surface area contributed by atoms with E-state index in [9.17, 15) is 0 Å². The molecule has 0 unspecified atom stereocenters. The molecule has 2 aromatic rings. The van der Waals surface area contributed by atoms with Gasteiger partial charge in [0.15, 0.2) is 0 Å². The summed E-state index contributed by atoms with van der Waals surface area (Å²) in [6.45, 7) is 2.10. The predicted molar refractivity (Wildman–Crippen MR) is 63.8 cm³/mol. The predicted octanol–water partition coefficient (Wildman–Crippen LogP) is 4.71. The van der Waals surface area contributed by atoms with E-state index in [1.807, 2.05) is 0 Å². The summed E-state index contributed by atoms with van der Waals surface area (Å²) in [5.74, 6) is 0.588. The van der Waals surface area contributed by atoms with Crippen molar-refractivity contribution < 1.29 is 0 Å². The molecule has 0 aliphatic rings. The van der Waals surface area contributed by atoms with Gasteiger partial charge in [0.05, 0.1) is 0 Å². The molecule has 13 heavy (non-hydrogen) atoms. The summed E-state index contributed by atoms with van der Waals surface area (Å²) < 4.78 is 2.47. The average molecular weight is 276 g/mol. The van der Waals surface area contributed by atoms with Gasteiger partial charge in [-0.1, -0.05) is 11.6 Å². The number of hydrogen-bond acceptors (Lipinski definition) is 1. The summed E-state index contributed by atoms with van der Waals surface area (Å²) in [6.07, 6.45) is 0. The molecule has 0 fully saturated rings. The Labute approximate surface area is 94.7 Å². The van der Waals surface area contributed by atoms with Crippen molar-refractivity contribution in [2.24, 2.45) is 0 Å². The van der Waals surface area contributed by atoms with Crippen LogP contribution >= 0.6 is 38.9 Å². The van der Waals surface area contributed by atoms with E-state index in [1.165, 1.54) is 25.7 Å². The Balaban J connectivity index is 2.84. The lowest BCUT2D eigenvalue weighted by Crippen LogP contribution is -1.80. The molecule has 0 N–H and O–H groups in total. The summed E-state index contributed by atoms with van der Waals surface area (Å²) in [6, 6.07) is 4.34. The zero-order valence-corrected chi connectivity index (χ0v) is 10.3. The maximum Gasteiger partial charge on any atom is 0.0488 e. The summed E-state index contributed by atoms with van der Waals surface area (Å²) >= 11 is 11.2. The van der Waals surface area contributed by atoms with Gasteiger partial charge in [0.2, 0.25) is 0 Å². The van der Waals surface area contributed by atoms with Crippen molar-refractivity contribution in [2.45, 2.75) is 12.8 Å². The summed E-state index contributed by atoms with van der Waals surface area (Å²) in [5.41, 5.74) is 2.50. The molecule has 0 radical (unpaired) electrons. The molecule has 2 rings (SSSR count). The first-order chi connectivity index (χ1) is 6.22. The first kappa shape index (κ1) is 9.50. The summed E-state index contributed by atoms with van der Waals surface area (Å²) in [7, 11) is 0. The molecule has 0 amide bonds. The van der Waals surface area contributed by atoms with Gasteiger partial charge in [-0.15, -0.1) is 22.9 Å². The molecular weight excluding hydrogens is 268 g/mol. The fourth-order valence-electron chi connectivity index (χ4n) is 1.44. The second-order valence-corrected chi connectivity index (χ2v) is 5.02. The van der Waals surface area contributed by atoms with E-state index in [-0.39, 0.29) is 0 Å². The van der Waals surface area contributed by atoms with Gasteiger partial charge in [-0.25, -0.2) is 0 Å². The Morgan fingerprint density at radius 1 is 1.46 bits per heavy atom. The molecule has 1 heterocycles. The van der Waals surface area contributed by atoms with Crippen LogP contribution in [0.2, 0.25) is 0 Å². The molecule has 0 aliphatic carbocycles. The summed E-state index contributed by atoms with van der Waals surface area (Å²) in [5, 5.41) is 3.39. The monoisotopic (exact) mass is 274 g/mol. The van der Waals surface area contributed by atoms with Gasteiger partial charge in [-0.3, -0.25) is 0 Å². The van der Waals surface area contributed by atoms with Crippen LogP contribution in [0.15, 0.2) is 22.0 Å². The number of thiophene rings is 1. The lowest BCUT2D eigenvalue weighted by atomic mass is 10.1. The minimum Gasteiger partial charge on any atom is -0.142 e. The van der Waals surface area contributed by atoms with Gasteiger partial charge < -0.3 is 0 Å². The van der Waals surface area contributed by atoms with E-state index in [2.05, 4.69) is 40.4 Å². The zero-order valence-electron chi connectivity index (χ0n) is 7.10. The normalized spacial score (nSPS) is 11.0. The van der Waals surface area contributed by atoms with E-state index in [0.29, 0.717) is 5.88 Å². The van der Waals surface area contributed by atoms with Crippen molar-refractivity contribution in [3.63, 3.8) is 0 Å². The van der Waals surface area contributed by atoms with Crippen molar-refractivity contribution in [3.05, 3.63) is 33.1 Å². The van der Waals surface area contributed by atoms with Gasteiger partial charge in [-0.2, -0.15) is 0 Å². The third-order valence-electron chi connectivity index (χ3n) is 1.99. The number of aryl methyl sites for hydroxylation is 1. The Kier molecular flexibility index (Phi) is 2.63. The van der Waals surface area contributed by atoms with Gasteiger partial charge in [0, 0.05) is 25.8 Å². The SMILES string of the molecule is Cc1cc(CCl)c2scc(Br)c2c1. The van der Waals surface area contributed by atoms with Crippen LogP contribution in [-0.2, 0) is 5.88 Å². The largest absolute Gasteiger partial charge is 0.142 e. The molecule has 0 aliphatic heterocycles. The molecule has 1 aromatic carbocycles. The van der Waals surface area contributed by atoms with Crippen molar-refractivity contribution in [3.8, 4) is 0 Å². The Morgan fingerprint density at radius 3 is 2.92 bits per heavy atom. The van der Waals surface area contributed by atoms with E-state index in [1.54, 1.807) is 11.3 Å². The molecule has 68 valence electrons. The number of fused-ring (bicyclic) bond motifs is 1. The molecule has 0 bridgehead atoms. The van der Waals surface area contributed by atoms with Gasteiger partial charge in [0.1, 0.15) is 0 Å². The maximum atomic E-state index is 5.88.